The number of nitrogens with zero attached hydrogens (tertiary/aromatic N) is 1. The van der Waals surface area contributed by atoms with Crippen molar-refractivity contribution in [1.82, 2.24) is 4.98 Å². The quantitative estimate of drug-likeness (QED) is 0.698. The van der Waals surface area contributed by atoms with E-state index in [1.54, 1.807) is 0 Å². The van der Waals surface area contributed by atoms with Crippen LogP contribution < -0.4 is 0 Å². The maximum Gasteiger partial charge on any atom is 0.0270 e. The fourth-order valence-electron chi connectivity index (χ4n) is 3.48. The molecular weight excluding hydrogens is 286 g/mol. The smallest absolute Gasteiger partial charge is 0.0270 e. The van der Waals surface area contributed by atoms with Crippen LogP contribution in [-0.2, 0) is 6.42 Å². The zero-order valence-electron chi connectivity index (χ0n) is 11.5. The van der Waals surface area contributed by atoms with Crippen LogP contribution in [0.4, 0.5) is 0 Å². The number of alkyl halides is 1. The Kier molecular flexibility index (Phi) is 4.83. The second kappa shape index (κ2) is 6.18. The maximum absolute atomic E-state index is 4.10. The molecule has 0 spiro atoms. The molecule has 1 aromatic rings. The maximum atomic E-state index is 4.10. The molecule has 0 amide bonds. The van der Waals surface area contributed by atoms with Crippen LogP contribution in [0.5, 0.6) is 0 Å². The SMILES string of the molecule is CC(C)CC1(C(Br)Cc2ccncc2)CCCC1. The Morgan fingerprint density at radius 3 is 2.39 bits per heavy atom. The first-order valence-corrected chi connectivity index (χ1v) is 8.07. The molecule has 0 aliphatic heterocycles. The number of aromatic nitrogens is 1. The Morgan fingerprint density at radius 2 is 1.83 bits per heavy atom. The van der Waals surface area contributed by atoms with Gasteiger partial charge in [-0.15, -0.1) is 0 Å². The Bertz CT molecular complexity index is 355. The van der Waals surface area contributed by atoms with E-state index in [9.17, 15) is 0 Å². The average Bonchev–Trinajstić information content (AvgIpc) is 2.79. The molecule has 1 atom stereocenters. The van der Waals surface area contributed by atoms with Gasteiger partial charge >= 0.3 is 0 Å². The molecule has 100 valence electrons. The van der Waals surface area contributed by atoms with Gasteiger partial charge in [0.25, 0.3) is 0 Å². The molecule has 1 aromatic heterocycles. The number of halogens is 1. The van der Waals surface area contributed by atoms with E-state index < -0.39 is 0 Å². The third-order valence-electron chi connectivity index (χ3n) is 4.24. The Hall–Kier alpha value is -0.370. The fraction of sp³-hybridized carbons (Fsp3) is 0.688. The van der Waals surface area contributed by atoms with Crippen molar-refractivity contribution in [2.24, 2.45) is 11.3 Å². The summed E-state index contributed by atoms with van der Waals surface area (Å²) in [4.78, 5) is 4.71. The van der Waals surface area contributed by atoms with Gasteiger partial charge in [-0.25, -0.2) is 0 Å². The van der Waals surface area contributed by atoms with Gasteiger partial charge in [0.05, 0.1) is 0 Å². The summed E-state index contributed by atoms with van der Waals surface area (Å²) >= 11 is 4.01. The molecule has 1 aliphatic rings. The van der Waals surface area contributed by atoms with Gasteiger partial charge in [-0.1, -0.05) is 42.6 Å². The van der Waals surface area contributed by atoms with Gasteiger partial charge in [-0.05, 0) is 54.7 Å². The van der Waals surface area contributed by atoms with Gasteiger partial charge in [-0.3, -0.25) is 4.98 Å². The van der Waals surface area contributed by atoms with E-state index in [1.165, 1.54) is 37.7 Å². The molecule has 1 fully saturated rings. The van der Waals surface area contributed by atoms with Crippen LogP contribution in [0.25, 0.3) is 0 Å². The topological polar surface area (TPSA) is 12.9 Å². The van der Waals surface area contributed by atoms with E-state index in [1.807, 2.05) is 12.4 Å². The molecule has 0 N–H and O–H groups in total. The van der Waals surface area contributed by atoms with E-state index in [2.05, 4.69) is 46.9 Å². The minimum absolute atomic E-state index is 0.525. The van der Waals surface area contributed by atoms with Crippen LogP contribution in [0.1, 0.15) is 51.5 Å². The van der Waals surface area contributed by atoms with Crippen LogP contribution in [0.15, 0.2) is 24.5 Å². The summed E-state index contributed by atoms with van der Waals surface area (Å²) in [6.07, 6.45) is 11.9. The molecule has 18 heavy (non-hydrogen) atoms. The van der Waals surface area contributed by atoms with Crippen LogP contribution >= 0.6 is 15.9 Å². The summed E-state index contributed by atoms with van der Waals surface area (Å²) in [6, 6.07) is 4.29. The molecule has 2 rings (SSSR count). The fourth-order valence-corrected chi connectivity index (χ4v) is 4.50. The van der Waals surface area contributed by atoms with Gasteiger partial charge in [0.2, 0.25) is 0 Å². The summed E-state index contributed by atoms with van der Waals surface area (Å²) in [5, 5.41) is 0. The van der Waals surface area contributed by atoms with E-state index in [-0.39, 0.29) is 0 Å². The molecule has 1 unspecified atom stereocenters. The van der Waals surface area contributed by atoms with Crippen molar-refractivity contribution in [1.29, 1.82) is 0 Å². The third kappa shape index (κ3) is 3.34. The number of hydrogen-bond acceptors (Lipinski definition) is 1. The summed E-state index contributed by atoms with van der Waals surface area (Å²) in [5.74, 6) is 0.792. The highest BCUT2D eigenvalue weighted by molar-refractivity contribution is 9.09. The lowest BCUT2D eigenvalue weighted by molar-refractivity contribution is 0.228. The molecule has 1 aliphatic carbocycles. The summed E-state index contributed by atoms with van der Waals surface area (Å²) in [6.45, 7) is 4.71. The minimum Gasteiger partial charge on any atom is -0.265 e. The standard InChI is InChI=1S/C16H24BrN/c1-13(2)12-16(7-3-4-8-16)15(17)11-14-5-9-18-10-6-14/h5-6,9-10,13,15H,3-4,7-8,11-12H2,1-2H3. The van der Waals surface area contributed by atoms with Crippen molar-refractivity contribution in [3.8, 4) is 0 Å². The average molecular weight is 310 g/mol. The second-order valence-electron chi connectivity index (χ2n) is 6.19. The lowest BCUT2D eigenvalue weighted by atomic mass is 9.74. The third-order valence-corrected chi connectivity index (χ3v) is 5.54. The predicted molar refractivity (Wildman–Crippen MR) is 81.0 cm³/mol. The molecule has 1 saturated carbocycles. The van der Waals surface area contributed by atoms with Crippen molar-refractivity contribution in [2.45, 2.75) is 57.2 Å². The largest absolute Gasteiger partial charge is 0.265 e. The van der Waals surface area contributed by atoms with Crippen LogP contribution in [0, 0.1) is 11.3 Å². The minimum atomic E-state index is 0.525. The van der Waals surface area contributed by atoms with Crippen molar-refractivity contribution in [3.63, 3.8) is 0 Å². The Balaban J connectivity index is 2.06. The second-order valence-corrected chi connectivity index (χ2v) is 7.30. The zero-order chi connectivity index (χ0) is 13.0. The summed E-state index contributed by atoms with van der Waals surface area (Å²) in [5.41, 5.74) is 1.93. The number of hydrogen-bond donors (Lipinski definition) is 0. The van der Waals surface area contributed by atoms with Gasteiger partial charge in [0, 0.05) is 17.2 Å². The highest BCUT2D eigenvalue weighted by Crippen LogP contribution is 2.49. The first kappa shape index (κ1) is 14.0. The van der Waals surface area contributed by atoms with Crippen molar-refractivity contribution >= 4 is 15.9 Å². The predicted octanol–water partition coefficient (Wildman–Crippen LogP) is 4.99. The van der Waals surface area contributed by atoms with Gasteiger partial charge in [0.1, 0.15) is 0 Å². The lowest BCUT2D eigenvalue weighted by Crippen LogP contribution is -2.31. The van der Waals surface area contributed by atoms with E-state index >= 15 is 0 Å². The normalized spacial score (nSPS) is 20.2. The number of rotatable bonds is 5. The highest BCUT2D eigenvalue weighted by Gasteiger charge is 2.40. The molecule has 0 bridgehead atoms. The molecule has 2 heteroatoms. The van der Waals surface area contributed by atoms with E-state index in [0.29, 0.717) is 10.2 Å². The highest BCUT2D eigenvalue weighted by atomic mass is 79.9. The van der Waals surface area contributed by atoms with Crippen LogP contribution in [0.2, 0.25) is 0 Å². The van der Waals surface area contributed by atoms with Gasteiger partial charge in [-0.2, -0.15) is 0 Å². The molecule has 0 saturated heterocycles. The first-order valence-electron chi connectivity index (χ1n) is 7.15. The zero-order valence-corrected chi connectivity index (χ0v) is 13.1. The molecular formula is C16H24BrN. The van der Waals surface area contributed by atoms with Crippen LogP contribution in [0.3, 0.4) is 0 Å². The first-order chi connectivity index (χ1) is 8.62. The van der Waals surface area contributed by atoms with E-state index in [4.69, 9.17) is 0 Å². The van der Waals surface area contributed by atoms with Crippen molar-refractivity contribution in [2.75, 3.05) is 0 Å². The molecule has 0 radical (unpaired) electrons. The van der Waals surface area contributed by atoms with Gasteiger partial charge < -0.3 is 0 Å². The van der Waals surface area contributed by atoms with E-state index in [0.717, 1.165) is 12.3 Å². The lowest BCUT2D eigenvalue weighted by Gasteiger charge is -2.36. The Labute approximate surface area is 120 Å². The van der Waals surface area contributed by atoms with Gasteiger partial charge in [0.15, 0.2) is 0 Å². The van der Waals surface area contributed by atoms with Crippen molar-refractivity contribution < 1.29 is 0 Å². The molecule has 1 nitrogen and oxygen atoms in total. The molecule has 0 aromatic carbocycles. The number of pyridine rings is 1. The summed E-state index contributed by atoms with van der Waals surface area (Å²) < 4.78 is 0. The van der Waals surface area contributed by atoms with Crippen LogP contribution in [-0.4, -0.2) is 9.81 Å². The molecule has 1 heterocycles. The van der Waals surface area contributed by atoms with Crippen molar-refractivity contribution in [3.05, 3.63) is 30.1 Å². The monoisotopic (exact) mass is 309 g/mol. The summed E-state index contributed by atoms with van der Waals surface area (Å²) in [7, 11) is 0. The Morgan fingerprint density at radius 1 is 1.22 bits per heavy atom.